The van der Waals surface area contributed by atoms with Gasteiger partial charge in [0, 0.05) is 5.56 Å². The monoisotopic (exact) mass is 293 g/mol. The zero-order valence-electron chi connectivity index (χ0n) is 12.3. The summed E-state index contributed by atoms with van der Waals surface area (Å²) >= 11 is 0. The summed E-state index contributed by atoms with van der Waals surface area (Å²) in [5.74, 6) is -1.37. The van der Waals surface area contributed by atoms with Gasteiger partial charge < -0.3 is 10.4 Å². The first kappa shape index (κ1) is 15.5. The molecule has 114 valence electrons. The first-order valence-corrected chi connectivity index (χ1v) is 7.16. The molecule has 1 aliphatic carbocycles. The van der Waals surface area contributed by atoms with E-state index >= 15 is 0 Å². The number of benzene rings is 1. The van der Waals surface area contributed by atoms with Gasteiger partial charge in [-0.1, -0.05) is 6.92 Å². The summed E-state index contributed by atoms with van der Waals surface area (Å²) in [6.07, 6.45) is 2.40. The van der Waals surface area contributed by atoms with E-state index in [0.717, 1.165) is 12.8 Å². The summed E-state index contributed by atoms with van der Waals surface area (Å²) in [5.41, 5.74) is -0.552. The number of aliphatic carboxylic acids is 1. The van der Waals surface area contributed by atoms with E-state index < -0.39 is 17.4 Å². The van der Waals surface area contributed by atoms with E-state index in [1.165, 1.54) is 18.2 Å². The lowest BCUT2D eigenvalue weighted by molar-refractivity contribution is -0.146. The fraction of sp³-hybridized carbons (Fsp3) is 0.500. The van der Waals surface area contributed by atoms with Gasteiger partial charge >= 0.3 is 5.97 Å². The number of carbonyl (C=O) groups excluding carboxylic acids is 1. The van der Waals surface area contributed by atoms with E-state index in [4.69, 9.17) is 0 Å². The SMILES string of the molecule is Cc1cc(C(=O)NC2(C(=O)O)CCC(C)CC2)ccc1F. The molecule has 1 fully saturated rings. The van der Waals surface area contributed by atoms with Crippen LogP contribution < -0.4 is 5.32 Å². The summed E-state index contributed by atoms with van der Waals surface area (Å²) in [6.45, 7) is 3.65. The average molecular weight is 293 g/mol. The molecule has 0 unspecified atom stereocenters. The Labute approximate surface area is 123 Å². The number of halogens is 1. The number of hydrogen-bond acceptors (Lipinski definition) is 2. The number of rotatable bonds is 3. The molecule has 21 heavy (non-hydrogen) atoms. The number of hydrogen-bond donors (Lipinski definition) is 2. The van der Waals surface area contributed by atoms with Crippen LogP contribution in [0.4, 0.5) is 4.39 Å². The summed E-state index contributed by atoms with van der Waals surface area (Å²) in [6, 6.07) is 4.03. The van der Waals surface area contributed by atoms with Crippen LogP contribution in [0.2, 0.25) is 0 Å². The second-order valence-corrected chi connectivity index (χ2v) is 5.99. The number of nitrogens with one attached hydrogen (secondary N) is 1. The van der Waals surface area contributed by atoms with Gasteiger partial charge in [0.05, 0.1) is 0 Å². The molecule has 0 aromatic heterocycles. The van der Waals surface area contributed by atoms with Crippen LogP contribution in [-0.2, 0) is 4.79 Å². The highest BCUT2D eigenvalue weighted by Crippen LogP contribution is 2.32. The number of carboxylic acids is 1. The van der Waals surface area contributed by atoms with Gasteiger partial charge in [-0.2, -0.15) is 0 Å². The van der Waals surface area contributed by atoms with E-state index in [1.807, 2.05) is 0 Å². The Hall–Kier alpha value is -1.91. The molecule has 2 rings (SSSR count). The minimum atomic E-state index is -1.20. The van der Waals surface area contributed by atoms with Gasteiger partial charge in [-0.25, -0.2) is 9.18 Å². The Bertz CT molecular complexity index is 563. The lowest BCUT2D eigenvalue weighted by atomic mass is 9.77. The number of carbonyl (C=O) groups is 2. The quantitative estimate of drug-likeness (QED) is 0.900. The van der Waals surface area contributed by atoms with Gasteiger partial charge in [0.1, 0.15) is 11.4 Å². The molecule has 1 aromatic rings. The largest absolute Gasteiger partial charge is 0.480 e. The third-order valence-corrected chi connectivity index (χ3v) is 4.31. The molecule has 2 N–H and O–H groups in total. The fourth-order valence-corrected chi connectivity index (χ4v) is 2.72. The van der Waals surface area contributed by atoms with Crippen LogP contribution in [0.1, 0.15) is 48.5 Å². The second kappa shape index (κ2) is 5.84. The summed E-state index contributed by atoms with van der Waals surface area (Å²) in [7, 11) is 0. The highest BCUT2D eigenvalue weighted by Gasteiger charge is 2.42. The van der Waals surface area contributed by atoms with Crippen molar-refractivity contribution in [3.63, 3.8) is 0 Å². The van der Waals surface area contributed by atoms with Crippen LogP contribution in [-0.4, -0.2) is 22.5 Å². The third-order valence-electron chi connectivity index (χ3n) is 4.31. The van der Waals surface area contributed by atoms with Crippen molar-refractivity contribution in [1.29, 1.82) is 0 Å². The van der Waals surface area contributed by atoms with Crippen LogP contribution in [0.5, 0.6) is 0 Å². The molecule has 1 amide bonds. The molecular formula is C16H20FNO3. The van der Waals surface area contributed by atoms with Crippen molar-refractivity contribution in [3.8, 4) is 0 Å². The summed E-state index contributed by atoms with van der Waals surface area (Å²) < 4.78 is 13.2. The van der Waals surface area contributed by atoms with Crippen LogP contribution in [0.15, 0.2) is 18.2 Å². The number of amides is 1. The maximum absolute atomic E-state index is 13.2. The molecule has 5 heteroatoms. The topological polar surface area (TPSA) is 66.4 Å². The molecule has 0 bridgehead atoms. The van der Waals surface area contributed by atoms with Crippen LogP contribution in [0.3, 0.4) is 0 Å². The first-order valence-electron chi connectivity index (χ1n) is 7.16. The van der Waals surface area contributed by atoms with E-state index in [0.29, 0.717) is 24.3 Å². The van der Waals surface area contributed by atoms with Crippen molar-refractivity contribution >= 4 is 11.9 Å². The molecule has 1 aliphatic rings. The third kappa shape index (κ3) is 3.23. The predicted molar refractivity (Wildman–Crippen MR) is 76.6 cm³/mol. The molecule has 0 aliphatic heterocycles. The van der Waals surface area contributed by atoms with E-state index in [1.54, 1.807) is 6.92 Å². The maximum atomic E-state index is 13.2. The number of carboxylic acid groups (broad SMARTS) is 1. The normalized spacial score (nSPS) is 25.4. The van der Waals surface area contributed by atoms with Gasteiger partial charge in [0.15, 0.2) is 0 Å². The minimum absolute atomic E-state index is 0.285. The van der Waals surface area contributed by atoms with Gasteiger partial charge in [-0.3, -0.25) is 4.79 Å². The van der Waals surface area contributed by atoms with Crippen molar-refractivity contribution in [2.45, 2.75) is 45.1 Å². The lowest BCUT2D eigenvalue weighted by Crippen LogP contribution is -2.56. The Morgan fingerprint density at radius 2 is 1.95 bits per heavy atom. The molecular weight excluding hydrogens is 273 g/mol. The molecule has 0 atom stereocenters. The molecule has 1 saturated carbocycles. The maximum Gasteiger partial charge on any atom is 0.329 e. The number of aryl methyl sites for hydroxylation is 1. The smallest absolute Gasteiger partial charge is 0.329 e. The standard InChI is InChI=1S/C16H20FNO3/c1-10-5-7-16(8-6-10,15(20)21)18-14(19)12-3-4-13(17)11(2)9-12/h3-4,9-10H,5-8H2,1-2H3,(H,18,19)(H,20,21). The van der Waals surface area contributed by atoms with E-state index in [9.17, 15) is 19.1 Å². The van der Waals surface area contributed by atoms with Gasteiger partial charge in [-0.05, 0) is 62.3 Å². The van der Waals surface area contributed by atoms with Crippen molar-refractivity contribution < 1.29 is 19.1 Å². The van der Waals surface area contributed by atoms with E-state index in [2.05, 4.69) is 12.2 Å². The van der Waals surface area contributed by atoms with Gasteiger partial charge in [0.2, 0.25) is 0 Å². The van der Waals surface area contributed by atoms with Crippen molar-refractivity contribution in [3.05, 3.63) is 35.1 Å². The Balaban J connectivity index is 2.19. The molecule has 0 saturated heterocycles. The van der Waals surface area contributed by atoms with E-state index in [-0.39, 0.29) is 11.4 Å². The van der Waals surface area contributed by atoms with Crippen LogP contribution in [0, 0.1) is 18.7 Å². The first-order chi connectivity index (χ1) is 9.84. The zero-order valence-corrected chi connectivity index (χ0v) is 12.3. The predicted octanol–water partition coefficient (Wildman–Crippen LogP) is 2.90. The molecule has 0 spiro atoms. The lowest BCUT2D eigenvalue weighted by Gasteiger charge is -2.36. The summed E-state index contributed by atoms with van der Waals surface area (Å²) in [5, 5.41) is 12.1. The Morgan fingerprint density at radius 3 is 2.48 bits per heavy atom. The van der Waals surface area contributed by atoms with Crippen LogP contribution in [0.25, 0.3) is 0 Å². The highest BCUT2D eigenvalue weighted by atomic mass is 19.1. The van der Waals surface area contributed by atoms with Crippen LogP contribution >= 0.6 is 0 Å². The van der Waals surface area contributed by atoms with Crippen molar-refractivity contribution in [1.82, 2.24) is 5.32 Å². The molecule has 0 radical (unpaired) electrons. The minimum Gasteiger partial charge on any atom is -0.480 e. The van der Waals surface area contributed by atoms with Gasteiger partial charge in [-0.15, -0.1) is 0 Å². The molecule has 4 nitrogen and oxygen atoms in total. The summed E-state index contributed by atoms with van der Waals surface area (Å²) in [4.78, 5) is 23.9. The van der Waals surface area contributed by atoms with Gasteiger partial charge in [0.25, 0.3) is 5.91 Å². The second-order valence-electron chi connectivity index (χ2n) is 5.99. The fourth-order valence-electron chi connectivity index (χ4n) is 2.72. The Kier molecular flexibility index (Phi) is 4.30. The van der Waals surface area contributed by atoms with Crippen molar-refractivity contribution in [2.75, 3.05) is 0 Å². The highest BCUT2D eigenvalue weighted by molar-refractivity contribution is 5.98. The average Bonchev–Trinajstić information content (AvgIpc) is 2.44. The molecule has 0 heterocycles. The molecule has 1 aromatic carbocycles. The van der Waals surface area contributed by atoms with Crippen molar-refractivity contribution in [2.24, 2.45) is 5.92 Å². The zero-order chi connectivity index (χ0) is 15.6. The Morgan fingerprint density at radius 1 is 1.33 bits per heavy atom.